The monoisotopic (exact) mass is 372 g/mol. The summed E-state index contributed by atoms with van der Waals surface area (Å²) in [6.45, 7) is -0.310. The second-order valence-corrected chi connectivity index (χ2v) is 7.12. The number of halogens is 3. The number of sulfonamides is 1. The largest absolute Gasteiger partial charge is 0.326 e. The van der Waals surface area contributed by atoms with E-state index in [-0.39, 0.29) is 24.3 Å². The van der Waals surface area contributed by atoms with E-state index >= 15 is 0 Å². The standard InChI is InChI=1S/C16H15F3N2O3S/c1-25(23,24)21(15-5-3-2-4-13(15)18)9-8-16(22)20-11-6-7-12(17)14(19)10-11/h2-7,10H,8-9H2,1H3,(H,20,22). The molecule has 1 amide bonds. The summed E-state index contributed by atoms with van der Waals surface area (Å²) in [6, 6.07) is 8.10. The number of nitrogens with one attached hydrogen (secondary N) is 1. The second kappa shape index (κ2) is 7.56. The van der Waals surface area contributed by atoms with E-state index in [1.165, 1.54) is 24.3 Å². The molecular weight excluding hydrogens is 357 g/mol. The van der Waals surface area contributed by atoms with Crippen molar-refractivity contribution in [2.75, 3.05) is 22.4 Å². The third-order valence-electron chi connectivity index (χ3n) is 3.27. The fourth-order valence-electron chi connectivity index (χ4n) is 2.12. The van der Waals surface area contributed by atoms with Crippen LogP contribution in [0.25, 0.3) is 0 Å². The van der Waals surface area contributed by atoms with Crippen molar-refractivity contribution in [1.29, 1.82) is 0 Å². The van der Waals surface area contributed by atoms with Crippen molar-refractivity contribution in [3.8, 4) is 0 Å². The highest BCUT2D eigenvalue weighted by molar-refractivity contribution is 7.92. The SMILES string of the molecule is CS(=O)(=O)N(CCC(=O)Nc1ccc(F)c(F)c1)c1ccccc1F. The fraction of sp³-hybridized carbons (Fsp3) is 0.188. The zero-order chi connectivity index (χ0) is 18.6. The van der Waals surface area contributed by atoms with E-state index in [9.17, 15) is 26.4 Å². The molecule has 0 radical (unpaired) electrons. The van der Waals surface area contributed by atoms with Gasteiger partial charge in [-0.25, -0.2) is 21.6 Å². The number of carbonyl (C=O) groups is 1. The Balaban J connectivity index is 2.09. The predicted molar refractivity (Wildman–Crippen MR) is 88.2 cm³/mol. The van der Waals surface area contributed by atoms with Crippen molar-refractivity contribution in [2.45, 2.75) is 6.42 Å². The summed E-state index contributed by atoms with van der Waals surface area (Å²) >= 11 is 0. The van der Waals surface area contributed by atoms with Gasteiger partial charge < -0.3 is 5.32 Å². The van der Waals surface area contributed by atoms with Crippen LogP contribution in [0.5, 0.6) is 0 Å². The number of nitrogens with zero attached hydrogens (tertiary/aromatic N) is 1. The molecule has 5 nitrogen and oxygen atoms in total. The van der Waals surface area contributed by atoms with Gasteiger partial charge in [0.2, 0.25) is 15.9 Å². The van der Waals surface area contributed by atoms with Crippen LogP contribution in [0, 0.1) is 17.5 Å². The number of hydrogen-bond acceptors (Lipinski definition) is 3. The summed E-state index contributed by atoms with van der Waals surface area (Å²) < 4.78 is 64.3. The smallest absolute Gasteiger partial charge is 0.232 e. The summed E-state index contributed by atoms with van der Waals surface area (Å²) in [6.07, 6.45) is 0.590. The van der Waals surface area contributed by atoms with Gasteiger partial charge in [-0.2, -0.15) is 0 Å². The fourth-order valence-corrected chi connectivity index (χ4v) is 3.05. The van der Waals surface area contributed by atoms with Crippen LogP contribution < -0.4 is 9.62 Å². The van der Waals surface area contributed by atoms with Crippen molar-refractivity contribution < 1.29 is 26.4 Å². The van der Waals surface area contributed by atoms with E-state index < -0.39 is 33.4 Å². The maximum absolute atomic E-state index is 13.8. The van der Waals surface area contributed by atoms with E-state index in [0.717, 1.165) is 28.8 Å². The molecule has 0 heterocycles. The number of para-hydroxylation sites is 1. The normalized spacial score (nSPS) is 11.2. The van der Waals surface area contributed by atoms with Gasteiger partial charge in [0.05, 0.1) is 11.9 Å². The minimum atomic E-state index is -3.82. The molecule has 134 valence electrons. The topological polar surface area (TPSA) is 66.5 Å². The van der Waals surface area contributed by atoms with E-state index in [1.807, 2.05) is 0 Å². The zero-order valence-corrected chi connectivity index (χ0v) is 14.0. The summed E-state index contributed by atoms with van der Waals surface area (Å²) in [7, 11) is -3.82. The summed E-state index contributed by atoms with van der Waals surface area (Å²) in [5.74, 6) is -3.55. The first kappa shape index (κ1) is 18.8. The van der Waals surface area contributed by atoms with Crippen LogP contribution in [0.15, 0.2) is 42.5 Å². The Kier molecular flexibility index (Phi) is 5.68. The minimum absolute atomic E-state index is 0.0284. The predicted octanol–water partition coefficient (Wildman–Crippen LogP) is 2.90. The quantitative estimate of drug-likeness (QED) is 0.848. The molecule has 0 aliphatic carbocycles. The van der Waals surface area contributed by atoms with Crippen LogP contribution in [-0.4, -0.2) is 27.1 Å². The highest BCUT2D eigenvalue weighted by atomic mass is 32.2. The maximum atomic E-state index is 13.8. The van der Waals surface area contributed by atoms with Crippen molar-refractivity contribution in [3.63, 3.8) is 0 Å². The number of carbonyl (C=O) groups excluding carboxylic acids is 1. The third kappa shape index (κ3) is 4.96. The van der Waals surface area contributed by atoms with Crippen LogP contribution in [0.1, 0.15) is 6.42 Å². The molecule has 2 aromatic rings. The Labute approximate surface area is 143 Å². The van der Waals surface area contributed by atoms with Crippen molar-refractivity contribution in [2.24, 2.45) is 0 Å². The Hall–Kier alpha value is -2.55. The Morgan fingerprint density at radius 3 is 2.32 bits per heavy atom. The number of amides is 1. The second-order valence-electron chi connectivity index (χ2n) is 5.21. The van der Waals surface area contributed by atoms with Crippen LogP contribution in [-0.2, 0) is 14.8 Å². The Morgan fingerprint density at radius 2 is 1.72 bits per heavy atom. The van der Waals surface area contributed by atoms with Crippen LogP contribution in [0.4, 0.5) is 24.5 Å². The molecule has 0 fully saturated rings. The van der Waals surface area contributed by atoms with Gasteiger partial charge in [-0.1, -0.05) is 12.1 Å². The lowest BCUT2D eigenvalue weighted by atomic mass is 10.2. The highest BCUT2D eigenvalue weighted by Gasteiger charge is 2.21. The number of benzene rings is 2. The van der Waals surface area contributed by atoms with E-state index in [0.29, 0.717) is 0 Å². The summed E-state index contributed by atoms with van der Waals surface area (Å²) in [5.41, 5.74) is -0.147. The molecule has 0 aromatic heterocycles. The zero-order valence-electron chi connectivity index (χ0n) is 13.2. The lowest BCUT2D eigenvalue weighted by Crippen LogP contribution is -2.33. The molecular formula is C16H15F3N2O3S. The van der Waals surface area contributed by atoms with Crippen LogP contribution >= 0.6 is 0 Å². The maximum Gasteiger partial charge on any atom is 0.232 e. The Bertz CT molecular complexity index is 888. The van der Waals surface area contributed by atoms with Crippen molar-refractivity contribution >= 4 is 27.3 Å². The van der Waals surface area contributed by atoms with Gasteiger partial charge in [-0.3, -0.25) is 9.10 Å². The number of rotatable bonds is 6. The van der Waals surface area contributed by atoms with Gasteiger partial charge in [0.25, 0.3) is 0 Å². The highest BCUT2D eigenvalue weighted by Crippen LogP contribution is 2.21. The molecule has 0 spiro atoms. The van der Waals surface area contributed by atoms with E-state index in [4.69, 9.17) is 0 Å². The molecule has 0 saturated carbocycles. The van der Waals surface area contributed by atoms with Crippen LogP contribution in [0.2, 0.25) is 0 Å². The van der Waals surface area contributed by atoms with Gasteiger partial charge >= 0.3 is 0 Å². The third-order valence-corrected chi connectivity index (χ3v) is 4.45. The summed E-state index contributed by atoms with van der Waals surface area (Å²) in [4.78, 5) is 11.9. The first-order valence-electron chi connectivity index (χ1n) is 7.15. The minimum Gasteiger partial charge on any atom is -0.326 e. The van der Waals surface area contributed by atoms with E-state index in [1.54, 1.807) is 0 Å². The van der Waals surface area contributed by atoms with Gasteiger partial charge in [-0.05, 0) is 24.3 Å². The number of hydrogen-bond donors (Lipinski definition) is 1. The molecule has 0 aliphatic rings. The molecule has 0 bridgehead atoms. The van der Waals surface area contributed by atoms with E-state index in [2.05, 4.69) is 5.32 Å². The first-order chi connectivity index (χ1) is 11.7. The lowest BCUT2D eigenvalue weighted by Gasteiger charge is -2.22. The Morgan fingerprint density at radius 1 is 1.04 bits per heavy atom. The molecule has 0 saturated heterocycles. The van der Waals surface area contributed by atoms with Gasteiger partial charge in [0.15, 0.2) is 11.6 Å². The molecule has 0 aliphatic heterocycles. The average molecular weight is 372 g/mol. The molecule has 0 unspecified atom stereocenters. The van der Waals surface area contributed by atoms with Gasteiger partial charge in [0.1, 0.15) is 5.82 Å². The molecule has 2 aromatic carbocycles. The average Bonchev–Trinajstić information content (AvgIpc) is 2.51. The molecule has 2 rings (SSSR count). The van der Waals surface area contributed by atoms with Crippen LogP contribution in [0.3, 0.4) is 0 Å². The van der Waals surface area contributed by atoms with Crippen molar-refractivity contribution in [3.05, 3.63) is 59.9 Å². The van der Waals surface area contributed by atoms with Gasteiger partial charge in [0, 0.05) is 24.7 Å². The molecule has 1 N–H and O–H groups in total. The number of anilines is 2. The summed E-state index contributed by atoms with van der Waals surface area (Å²) in [5, 5.41) is 2.32. The lowest BCUT2D eigenvalue weighted by molar-refractivity contribution is -0.116. The molecule has 0 atom stereocenters. The van der Waals surface area contributed by atoms with Gasteiger partial charge in [-0.15, -0.1) is 0 Å². The van der Waals surface area contributed by atoms with Crippen molar-refractivity contribution in [1.82, 2.24) is 0 Å². The first-order valence-corrected chi connectivity index (χ1v) is 9.00. The molecule has 25 heavy (non-hydrogen) atoms. The molecule has 9 heteroatoms.